The summed E-state index contributed by atoms with van der Waals surface area (Å²) in [5, 5.41) is 33.0. The average Bonchev–Trinajstić information content (AvgIpc) is 3.42. The third kappa shape index (κ3) is 8.57. The van der Waals surface area contributed by atoms with Gasteiger partial charge in [0.1, 0.15) is 12.2 Å². The second-order valence-electron chi connectivity index (χ2n) is 11.0. The Kier molecular flexibility index (Phi) is 12.6. The minimum Gasteiger partial charge on any atom is -0.458 e. The number of hydrogen-bond donors (Lipinski definition) is 4. The second kappa shape index (κ2) is 16.1. The van der Waals surface area contributed by atoms with E-state index >= 15 is 0 Å². The number of fused-ring (bicyclic) bond motifs is 1. The van der Waals surface area contributed by atoms with E-state index in [1.165, 1.54) is 17.8 Å². The molecule has 0 bridgehead atoms. The first-order valence-corrected chi connectivity index (χ1v) is 14.9. The largest absolute Gasteiger partial charge is 0.458 e. The molecule has 4 rings (SSSR count). The SMILES string of the molecule is CCNc1nc(Nc2cc(C#N)cc(N3CCC(NC(=O)OC)C(OC(=O)C[C@H](N)CC(C)C)C3)c2Cl)nn2c(C#N)cnc12.Cl. The standard InChI is InChI=1S/C29H36ClN11O4.ClH/c1-5-34-26-27-35-14-19(13-32)41(27)39-28(38-26)36-21-9-17(12-31)10-22(25(21)30)40-7-6-20(37-29(43)44-4)23(15-40)45-24(42)11-18(33)8-16(2)3;/h9-10,14,16,18,20,23H,5-8,11,15,33H2,1-4H3,(H,37,43)(H2,34,36,38,39);1H/t18-,20?,23?;/m1./s1. The van der Waals surface area contributed by atoms with Crippen molar-refractivity contribution in [3.8, 4) is 12.1 Å². The number of carbonyl (C=O) groups is 2. The molecule has 2 unspecified atom stereocenters. The van der Waals surface area contributed by atoms with Crippen molar-refractivity contribution in [3.05, 3.63) is 34.6 Å². The Hall–Kier alpha value is -4.57. The Bertz CT molecular complexity index is 1640. The van der Waals surface area contributed by atoms with Gasteiger partial charge in [0.25, 0.3) is 0 Å². The lowest BCUT2D eigenvalue weighted by molar-refractivity contribution is -0.151. The number of piperidine rings is 1. The summed E-state index contributed by atoms with van der Waals surface area (Å²) in [7, 11) is 1.26. The number of carbonyl (C=O) groups excluding carboxylic acids is 2. The van der Waals surface area contributed by atoms with Gasteiger partial charge in [0, 0.05) is 19.1 Å². The van der Waals surface area contributed by atoms with E-state index in [9.17, 15) is 20.1 Å². The van der Waals surface area contributed by atoms with Crippen molar-refractivity contribution in [1.82, 2.24) is 24.9 Å². The zero-order valence-corrected chi connectivity index (χ0v) is 27.5. The maximum absolute atomic E-state index is 12.9. The van der Waals surface area contributed by atoms with Gasteiger partial charge in [-0.25, -0.2) is 9.78 Å². The van der Waals surface area contributed by atoms with E-state index in [0.29, 0.717) is 60.3 Å². The third-order valence-corrected chi connectivity index (χ3v) is 7.52. The molecule has 1 amide bonds. The predicted molar refractivity (Wildman–Crippen MR) is 174 cm³/mol. The van der Waals surface area contributed by atoms with Crippen LogP contribution in [0.2, 0.25) is 5.02 Å². The molecule has 15 nitrogen and oxygen atoms in total. The van der Waals surface area contributed by atoms with E-state index in [4.69, 9.17) is 26.8 Å². The van der Waals surface area contributed by atoms with Gasteiger partial charge in [0.05, 0.1) is 60.3 Å². The van der Waals surface area contributed by atoms with Crippen LogP contribution in [0.3, 0.4) is 0 Å². The highest BCUT2D eigenvalue weighted by Gasteiger charge is 2.35. The number of hydrogen-bond acceptors (Lipinski definition) is 13. The molecule has 0 spiro atoms. The molecular weight excluding hydrogens is 637 g/mol. The number of imidazole rings is 1. The molecule has 2 aromatic heterocycles. The number of nitrogens with zero attached hydrogens (tertiary/aromatic N) is 7. The fourth-order valence-electron chi connectivity index (χ4n) is 5.16. The number of amides is 1. The molecule has 1 aliphatic rings. The van der Waals surface area contributed by atoms with E-state index in [0.717, 1.165) is 0 Å². The van der Waals surface area contributed by atoms with Crippen molar-refractivity contribution >= 4 is 64.9 Å². The number of halogens is 2. The Morgan fingerprint density at radius 3 is 2.67 bits per heavy atom. The third-order valence-electron chi connectivity index (χ3n) is 7.12. The van der Waals surface area contributed by atoms with Crippen LogP contribution in [0.25, 0.3) is 5.65 Å². The highest BCUT2D eigenvalue weighted by Crippen LogP contribution is 2.37. The van der Waals surface area contributed by atoms with Crippen molar-refractivity contribution < 1.29 is 19.1 Å². The van der Waals surface area contributed by atoms with E-state index < -0.39 is 24.2 Å². The van der Waals surface area contributed by atoms with Crippen molar-refractivity contribution in [2.75, 3.05) is 42.3 Å². The summed E-state index contributed by atoms with van der Waals surface area (Å²) in [6, 6.07) is 6.51. The number of alkyl carbamates (subject to hydrolysis) is 1. The quantitative estimate of drug-likeness (QED) is 0.214. The second-order valence-corrected chi connectivity index (χ2v) is 11.4. The molecular formula is C29H37Cl2N11O4. The van der Waals surface area contributed by atoms with Crippen LogP contribution in [0.5, 0.6) is 0 Å². The van der Waals surface area contributed by atoms with Gasteiger partial charge in [-0.2, -0.15) is 20.0 Å². The van der Waals surface area contributed by atoms with Gasteiger partial charge in [0.15, 0.2) is 17.2 Å². The Balaban J connectivity index is 0.00000576. The number of nitrogens with two attached hydrogens (primary N) is 1. The first-order chi connectivity index (χ1) is 21.6. The van der Waals surface area contributed by atoms with Gasteiger partial charge in [-0.15, -0.1) is 17.5 Å². The number of anilines is 4. The monoisotopic (exact) mass is 673 g/mol. The number of nitriles is 2. The molecule has 3 aromatic rings. The fourth-order valence-corrected chi connectivity index (χ4v) is 5.44. The zero-order valence-electron chi connectivity index (χ0n) is 25.9. The van der Waals surface area contributed by atoms with Crippen LogP contribution in [0.15, 0.2) is 18.3 Å². The van der Waals surface area contributed by atoms with E-state index in [1.807, 2.05) is 31.7 Å². The molecule has 1 fully saturated rings. The topological polar surface area (TPSA) is 209 Å². The van der Waals surface area contributed by atoms with Crippen molar-refractivity contribution in [2.24, 2.45) is 11.7 Å². The predicted octanol–water partition coefficient (Wildman–Crippen LogP) is 3.73. The van der Waals surface area contributed by atoms with Crippen LogP contribution < -0.4 is 26.6 Å². The number of rotatable bonds is 11. The summed E-state index contributed by atoms with van der Waals surface area (Å²) < 4.78 is 12.0. The average molecular weight is 675 g/mol. The molecule has 0 aliphatic carbocycles. The lowest BCUT2D eigenvalue weighted by Gasteiger charge is -2.39. The molecule has 17 heteroatoms. The molecule has 46 heavy (non-hydrogen) atoms. The molecule has 1 aliphatic heterocycles. The Morgan fingerprint density at radius 2 is 2.02 bits per heavy atom. The van der Waals surface area contributed by atoms with Gasteiger partial charge < -0.3 is 36.1 Å². The molecule has 5 N–H and O–H groups in total. The van der Waals surface area contributed by atoms with Crippen molar-refractivity contribution in [1.29, 1.82) is 10.5 Å². The summed E-state index contributed by atoms with van der Waals surface area (Å²) in [5.74, 6) is 0.356. The maximum atomic E-state index is 12.9. The number of nitrogens with one attached hydrogen (secondary N) is 3. The highest BCUT2D eigenvalue weighted by molar-refractivity contribution is 6.36. The van der Waals surface area contributed by atoms with Gasteiger partial charge in [-0.1, -0.05) is 25.4 Å². The summed E-state index contributed by atoms with van der Waals surface area (Å²) in [6.07, 6.45) is 1.08. The van der Waals surface area contributed by atoms with E-state index in [1.54, 1.807) is 12.1 Å². The van der Waals surface area contributed by atoms with Crippen molar-refractivity contribution in [3.63, 3.8) is 0 Å². The van der Waals surface area contributed by atoms with E-state index in [2.05, 4.69) is 37.1 Å². The molecule has 0 radical (unpaired) electrons. The van der Waals surface area contributed by atoms with Crippen LogP contribution in [-0.2, 0) is 14.3 Å². The van der Waals surface area contributed by atoms with Crippen LogP contribution >= 0.6 is 24.0 Å². The van der Waals surface area contributed by atoms with Crippen LogP contribution in [0.1, 0.15) is 51.3 Å². The Labute approximate surface area is 277 Å². The number of esters is 1. The smallest absolute Gasteiger partial charge is 0.407 e. The van der Waals surface area contributed by atoms with Crippen molar-refractivity contribution in [2.45, 2.75) is 58.2 Å². The lowest BCUT2D eigenvalue weighted by Crippen LogP contribution is -2.56. The normalized spacial score (nSPS) is 16.5. The molecule has 1 aromatic carbocycles. The first kappa shape index (κ1) is 35.9. The minimum absolute atomic E-state index is 0. The van der Waals surface area contributed by atoms with Crippen LogP contribution in [0.4, 0.5) is 27.9 Å². The van der Waals surface area contributed by atoms with Gasteiger partial charge in [0.2, 0.25) is 5.95 Å². The zero-order chi connectivity index (χ0) is 32.7. The highest BCUT2D eigenvalue weighted by atomic mass is 35.5. The Morgan fingerprint density at radius 1 is 1.26 bits per heavy atom. The number of benzene rings is 1. The summed E-state index contributed by atoms with van der Waals surface area (Å²) in [4.78, 5) is 35.6. The van der Waals surface area contributed by atoms with Gasteiger partial charge >= 0.3 is 12.1 Å². The molecule has 0 saturated carbocycles. The summed E-state index contributed by atoms with van der Waals surface area (Å²) >= 11 is 6.92. The van der Waals surface area contributed by atoms with Gasteiger partial charge in [-0.3, -0.25) is 4.79 Å². The molecule has 3 heterocycles. The number of aromatic nitrogens is 4. The molecule has 3 atom stereocenters. The molecule has 246 valence electrons. The maximum Gasteiger partial charge on any atom is 0.407 e. The first-order valence-electron chi connectivity index (χ1n) is 14.5. The molecule has 1 saturated heterocycles. The van der Waals surface area contributed by atoms with Crippen LogP contribution in [0, 0.1) is 28.6 Å². The van der Waals surface area contributed by atoms with Crippen LogP contribution in [-0.4, -0.2) is 76.6 Å². The van der Waals surface area contributed by atoms with E-state index in [-0.39, 0.29) is 48.1 Å². The fraction of sp³-hybridized carbons (Fsp3) is 0.483. The summed E-state index contributed by atoms with van der Waals surface area (Å²) in [5.41, 5.74) is 7.87. The lowest BCUT2D eigenvalue weighted by atomic mass is 9.99. The van der Waals surface area contributed by atoms with Gasteiger partial charge in [-0.05, 0) is 37.8 Å². The number of methoxy groups -OCH3 is 1. The minimum atomic E-state index is -0.756. The number of ether oxygens (including phenoxy) is 2. The summed E-state index contributed by atoms with van der Waals surface area (Å²) in [6.45, 7) is 7.07.